The lowest BCUT2D eigenvalue weighted by molar-refractivity contribution is -0.130. The Morgan fingerprint density at radius 1 is 1.26 bits per heavy atom. The second kappa shape index (κ2) is 6.34. The first-order valence-electron chi connectivity index (χ1n) is 8.16. The van der Waals surface area contributed by atoms with E-state index in [-0.39, 0.29) is 12.5 Å². The number of fused-ring (bicyclic) bond motifs is 1. The van der Waals surface area contributed by atoms with Crippen LogP contribution in [0.4, 0.5) is 0 Å². The molecule has 5 nitrogen and oxygen atoms in total. The average Bonchev–Trinajstić information content (AvgIpc) is 2.74. The van der Waals surface area contributed by atoms with Gasteiger partial charge in [-0.2, -0.15) is 0 Å². The molecule has 1 amide bonds. The molecule has 1 aliphatic heterocycles. The van der Waals surface area contributed by atoms with Crippen molar-refractivity contribution in [3.8, 4) is 0 Å². The number of aromatic nitrogens is 1. The van der Waals surface area contributed by atoms with Crippen molar-refractivity contribution >= 4 is 16.8 Å². The Morgan fingerprint density at radius 2 is 2.04 bits per heavy atom. The van der Waals surface area contributed by atoms with Crippen LogP contribution in [0.25, 0.3) is 10.9 Å². The van der Waals surface area contributed by atoms with Gasteiger partial charge in [0.1, 0.15) is 0 Å². The number of carbonyl (C=O) groups excluding carboxylic acids is 1. The largest absolute Gasteiger partial charge is 0.393 e. The van der Waals surface area contributed by atoms with Crippen LogP contribution in [-0.4, -0.2) is 50.9 Å². The van der Waals surface area contributed by atoms with Crippen LogP contribution in [-0.2, 0) is 18.3 Å². The molecule has 3 rings (SSSR count). The van der Waals surface area contributed by atoms with Crippen LogP contribution >= 0.6 is 0 Å². The Kier molecular flexibility index (Phi) is 4.41. The molecule has 1 aromatic heterocycles. The van der Waals surface area contributed by atoms with Crippen LogP contribution in [0.2, 0.25) is 0 Å². The summed E-state index contributed by atoms with van der Waals surface area (Å²) in [5.74, 6) is 0.0866. The van der Waals surface area contributed by atoms with Crippen molar-refractivity contribution in [2.24, 2.45) is 7.05 Å². The number of para-hydroxylation sites is 1. The van der Waals surface area contributed by atoms with Gasteiger partial charge in [-0.1, -0.05) is 18.2 Å². The first-order valence-corrected chi connectivity index (χ1v) is 8.16. The van der Waals surface area contributed by atoms with E-state index in [2.05, 4.69) is 6.07 Å². The highest BCUT2D eigenvalue weighted by molar-refractivity contribution is 5.89. The highest BCUT2D eigenvalue weighted by Crippen LogP contribution is 2.24. The molecule has 2 N–H and O–H groups in total. The number of aliphatic hydroxyl groups excluding tert-OH is 1. The summed E-state index contributed by atoms with van der Waals surface area (Å²) in [6.45, 7) is 0.908. The van der Waals surface area contributed by atoms with E-state index in [0.29, 0.717) is 32.4 Å². The molecule has 0 saturated carbocycles. The molecule has 2 aromatic rings. The number of rotatable bonds is 3. The summed E-state index contributed by atoms with van der Waals surface area (Å²) in [6, 6.07) is 8.09. The molecule has 1 aliphatic rings. The summed E-state index contributed by atoms with van der Waals surface area (Å²) in [7, 11) is 1.99. The number of carbonyl (C=O) groups is 1. The Balaban J connectivity index is 1.74. The van der Waals surface area contributed by atoms with Crippen molar-refractivity contribution in [3.63, 3.8) is 0 Å². The Hall–Kier alpha value is -1.85. The topological polar surface area (TPSA) is 65.7 Å². The second-order valence-corrected chi connectivity index (χ2v) is 6.58. The van der Waals surface area contributed by atoms with Crippen molar-refractivity contribution in [2.75, 3.05) is 19.7 Å². The Morgan fingerprint density at radius 3 is 2.83 bits per heavy atom. The SMILES string of the molecule is Cn1cc(CC(=O)N2CCC[C@@](O)(CO)CC2)c2ccccc21. The number of benzene rings is 1. The summed E-state index contributed by atoms with van der Waals surface area (Å²) < 4.78 is 2.05. The van der Waals surface area contributed by atoms with Crippen LogP contribution in [0.1, 0.15) is 24.8 Å². The highest BCUT2D eigenvalue weighted by Gasteiger charge is 2.30. The number of aryl methyl sites for hydroxylation is 1. The zero-order valence-corrected chi connectivity index (χ0v) is 13.5. The fraction of sp³-hybridized carbons (Fsp3) is 0.500. The molecule has 0 bridgehead atoms. The Bertz CT molecular complexity index is 709. The summed E-state index contributed by atoms with van der Waals surface area (Å²) in [6.07, 6.45) is 4.09. The zero-order valence-electron chi connectivity index (χ0n) is 13.5. The Labute approximate surface area is 136 Å². The molecule has 1 aromatic carbocycles. The molecule has 1 atom stereocenters. The van der Waals surface area contributed by atoms with Gasteiger partial charge in [0, 0.05) is 37.2 Å². The maximum Gasteiger partial charge on any atom is 0.227 e. The lowest BCUT2D eigenvalue weighted by Gasteiger charge is -2.24. The minimum absolute atomic E-state index is 0.0866. The smallest absolute Gasteiger partial charge is 0.227 e. The van der Waals surface area contributed by atoms with Gasteiger partial charge in [-0.05, 0) is 30.9 Å². The van der Waals surface area contributed by atoms with Gasteiger partial charge in [0.15, 0.2) is 0 Å². The lowest BCUT2D eigenvalue weighted by Crippen LogP contribution is -2.37. The number of hydrogen-bond donors (Lipinski definition) is 2. The van der Waals surface area contributed by atoms with Gasteiger partial charge in [0.05, 0.1) is 18.6 Å². The monoisotopic (exact) mass is 316 g/mol. The molecule has 0 radical (unpaired) electrons. The number of amides is 1. The van der Waals surface area contributed by atoms with Gasteiger partial charge in [-0.3, -0.25) is 4.79 Å². The summed E-state index contributed by atoms with van der Waals surface area (Å²) in [4.78, 5) is 14.5. The fourth-order valence-electron chi connectivity index (χ4n) is 3.43. The fourth-order valence-corrected chi connectivity index (χ4v) is 3.43. The van der Waals surface area contributed by atoms with Crippen LogP contribution in [0, 0.1) is 0 Å². The predicted octanol–water partition coefficient (Wildman–Crippen LogP) is 1.46. The number of hydrogen-bond acceptors (Lipinski definition) is 3. The number of nitrogens with zero attached hydrogens (tertiary/aromatic N) is 2. The molecular formula is C18H24N2O3. The van der Waals surface area contributed by atoms with Gasteiger partial charge >= 0.3 is 0 Å². The van der Waals surface area contributed by atoms with Crippen molar-refractivity contribution in [1.82, 2.24) is 9.47 Å². The van der Waals surface area contributed by atoms with Gasteiger partial charge < -0.3 is 19.7 Å². The standard InChI is InChI=1S/C18H24N2O3/c1-19-12-14(15-5-2-3-6-16(15)19)11-17(22)20-9-4-7-18(23,13-21)8-10-20/h2-3,5-6,12,21,23H,4,7-11,13H2,1H3/t18-/m0/s1. The normalized spacial score (nSPS) is 22.3. The molecule has 124 valence electrons. The van der Waals surface area contributed by atoms with Crippen molar-refractivity contribution < 1.29 is 15.0 Å². The van der Waals surface area contributed by atoms with Crippen molar-refractivity contribution in [2.45, 2.75) is 31.3 Å². The van der Waals surface area contributed by atoms with Crippen LogP contribution in [0.15, 0.2) is 30.5 Å². The molecule has 1 fully saturated rings. The van der Waals surface area contributed by atoms with E-state index in [1.165, 1.54) is 0 Å². The van der Waals surface area contributed by atoms with E-state index in [4.69, 9.17) is 0 Å². The number of aliphatic hydroxyl groups is 2. The summed E-state index contributed by atoms with van der Waals surface area (Å²) in [5.41, 5.74) is 1.13. The quantitative estimate of drug-likeness (QED) is 0.901. The first kappa shape index (κ1) is 16.0. The first-order chi connectivity index (χ1) is 11.0. The summed E-state index contributed by atoms with van der Waals surface area (Å²) >= 11 is 0. The number of likely N-dealkylation sites (tertiary alicyclic amines) is 1. The van der Waals surface area contributed by atoms with Gasteiger partial charge in [0.2, 0.25) is 5.91 Å². The third-order valence-corrected chi connectivity index (χ3v) is 4.89. The molecular weight excluding hydrogens is 292 g/mol. The van der Waals surface area contributed by atoms with Crippen LogP contribution in [0.3, 0.4) is 0 Å². The third-order valence-electron chi connectivity index (χ3n) is 4.89. The highest BCUT2D eigenvalue weighted by atomic mass is 16.3. The van der Waals surface area contributed by atoms with Gasteiger partial charge in [-0.25, -0.2) is 0 Å². The summed E-state index contributed by atoms with van der Waals surface area (Å²) in [5, 5.41) is 20.6. The van der Waals surface area contributed by atoms with E-state index in [0.717, 1.165) is 22.9 Å². The van der Waals surface area contributed by atoms with E-state index in [1.807, 2.05) is 40.9 Å². The lowest BCUT2D eigenvalue weighted by atomic mass is 9.96. The molecule has 0 spiro atoms. The molecule has 1 saturated heterocycles. The predicted molar refractivity (Wildman–Crippen MR) is 89.1 cm³/mol. The third kappa shape index (κ3) is 3.26. The van der Waals surface area contributed by atoms with Gasteiger partial charge in [-0.15, -0.1) is 0 Å². The molecule has 0 aliphatic carbocycles. The molecule has 0 unspecified atom stereocenters. The second-order valence-electron chi connectivity index (χ2n) is 6.58. The van der Waals surface area contributed by atoms with E-state index in [9.17, 15) is 15.0 Å². The van der Waals surface area contributed by atoms with Crippen LogP contribution in [0.5, 0.6) is 0 Å². The van der Waals surface area contributed by atoms with Crippen molar-refractivity contribution in [3.05, 3.63) is 36.0 Å². The van der Waals surface area contributed by atoms with Crippen LogP contribution < -0.4 is 0 Å². The van der Waals surface area contributed by atoms with E-state index in [1.54, 1.807) is 0 Å². The van der Waals surface area contributed by atoms with E-state index < -0.39 is 5.60 Å². The zero-order chi connectivity index (χ0) is 16.4. The molecule has 23 heavy (non-hydrogen) atoms. The van der Waals surface area contributed by atoms with Crippen molar-refractivity contribution in [1.29, 1.82) is 0 Å². The average molecular weight is 316 g/mol. The minimum atomic E-state index is -1.03. The van der Waals surface area contributed by atoms with E-state index >= 15 is 0 Å². The molecule has 5 heteroatoms. The minimum Gasteiger partial charge on any atom is -0.393 e. The maximum absolute atomic E-state index is 12.6. The van der Waals surface area contributed by atoms with Gasteiger partial charge in [0.25, 0.3) is 0 Å². The maximum atomic E-state index is 12.6. The molecule has 2 heterocycles.